The summed E-state index contributed by atoms with van der Waals surface area (Å²) in [5, 5.41) is 8.88. The molecular formula is C15H16N2O2. The van der Waals surface area contributed by atoms with Gasteiger partial charge in [-0.25, -0.2) is 9.78 Å². The Hall–Kier alpha value is -2.36. The van der Waals surface area contributed by atoms with Crippen molar-refractivity contribution in [3.05, 3.63) is 53.7 Å². The maximum absolute atomic E-state index is 10.8. The molecule has 2 rings (SSSR count). The molecule has 0 fully saturated rings. The molecule has 0 radical (unpaired) electrons. The highest BCUT2D eigenvalue weighted by Gasteiger charge is 2.11. The summed E-state index contributed by atoms with van der Waals surface area (Å²) in [6.07, 6.45) is 1.39. The first-order valence-corrected chi connectivity index (χ1v) is 6.16. The minimum Gasteiger partial charge on any atom is -0.478 e. The summed E-state index contributed by atoms with van der Waals surface area (Å²) in [5.74, 6) is -0.209. The number of para-hydroxylation sites is 1. The Bertz CT molecular complexity index is 579. The first kappa shape index (κ1) is 13.1. The van der Waals surface area contributed by atoms with Crippen molar-refractivity contribution in [2.45, 2.75) is 13.8 Å². The maximum atomic E-state index is 10.8. The summed E-state index contributed by atoms with van der Waals surface area (Å²) in [7, 11) is 0. The van der Waals surface area contributed by atoms with Gasteiger partial charge in [0, 0.05) is 18.4 Å². The number of rotatable bonds is 4. The molecule has 0 saturated carbocycles. The zero-order valence-corrected chi connectivity index (χ0v) is 11.0. The number of hydrogen-bond donors (Lipinski definition) is 1. The third kappa shape index (κ3) is 2.73. The van der Waals surface area contributed by atoms with Crippen LogP contribution in [0.5, 0.6) is 0 Å². The van der Waals surface area contributed by atoms with Gasteiger partial charge in [-0.3, -0.25) is 0 Å². The SMILES string of the molecule is CCN(c1ccc(C(=O)O)cn1)c1ccccc1C. The summed E-state index contributed by atoms with van der Waals surface area (Å²) in [6, 6.07) is 11.4. The predicted molar refractivity (Wildman–Crippen MR) is 75.1 cm³/mol. The van der Waals surface area contributed by atoms with E-state index < -0.39 is 5.97 Å². The van der Waals surface area contributed by atoms with E-state index in [1.165, 1.54) is 6.20 Å². The fourth-order valence-electron chi connectivity index (χ4n) is 1.99. The number of aromatic nitrogens is 1. The predicted octanol–water partition coefficient (Wildman–Crippen LogP) is 3.25. The zero-order valence-electron chi connectivity index (χ0n) is 11.0. The van der Waals surface area contributed by atoms with Crippen LogP contribution in [0.3, 0.4) is 0 Å². The molecule has 1 heterocycles. The smallest absolute Gasteiger partial charge is 0.337 e. The Morgan fingerprint density at radius 3 is 2.53 bits per heavy atom. The molecule has 0 saturated heterocycles. The van der Waals surface area contributed by atoms with Gasteiger partial charge in [-0.2, -0.15) is 0 Å². The fourth-order valence-corrected chi connectivity index (χ4v) is 1.99. The number of carboxylic acids is 1. The Labute approximate surface area is 112 Å². The standard InChI is InChI=1S/C15H16N2O2/c1-3-17(13-7-5-4-6-11(13)2)14-9-8-12(10-16-14)15(18)19/h4-10H,3H2,1-2H3,(H,18,19). The molecule has 0 spiro atoms. The molecule has 0 atom stereocenters. The van der Waals surface area contributed by atoms with Crippen molar-refractivity contribution < 1.29 is 9.90 Å². The second kappa shape index (κ2) is 5.52. The van der Waals surface area contributed by atoms with Crippen molar-refractivity contribution in [1.82, 2.24) is 4.98 Å². The minimum atomic E-state index is -0.960. The van der Waals surface area contributed by atoms with Crippen LogP contribution in [0, 0.1) is 6.92 Å². The van der Waals surface area contributed by atoms with Crippen molar-refractivity contribution in [1.29, 1.82) is 0 Å². The highest BCUT2D eigenvalue weighted by Crippen LogP contribution is 2.26. The number of aryl methyl sites for hydroxylation is 1. The minimum absolute atomic E-state index is 0.199. The highest BCUT2D eigenvalue weighted by atomic mass is 16.4. The van der Waals surface area contributed by atoms with E-state index >= 15 is 0 Å². The molecule has 4 nitrogen and oxygen atoms in total. The molecule has 1 aromatic heterocycles. The van der Waals surface area contributed by atoms with Crippen LogP contribution in [-0.4, -0.2) is 22.6 Å². The van der Waals surface area contributed by atoms with E-state index in [-0.39, 0.29) is 5.56 Å². The van der Waals surface area contributed by atoms with E-state index in [9.17, 15) is 4.79 Å². The molecule has 0 aliphatic heterocycles. The van der Waals surface area contributed by atoms with Gasteiger partial charge in [0.1, 0.15) is 5.82 Å². The van der Waals surface area contributed by atoms with Crippen molar-refractivity contribution in [2.24, 2.45) is 0 Å². The first-order valence-electron chi connectivity index (χ1n) is 6.16. The van der Waals surface area contributed by atoms with Crippen LogP contribution < -0.4 is 4.90 Å². The van der Waals surface area contributed by atoms with E-state index in [4.69, 9.17) is 5.11 Å². The van der Waals surface area contributed by atoms with Crippen LogP contribution in [0.25, 0.3) is 0 Å². The monoisotopic (exact) mass is 256 g/mol. The van der Waals surface area contributed by atoms with Gasteiger partial charge in [0.25, 0.3) is 0 Å². The molecule has 19 heavy (non-hydrogen) atoms. The lowest BCUT2D eigenvalue weighted by Crippen LogP contribution is -2.18. The number of aromatic carboxylic acids is 1. The number of carbonyl (C=O) groups is 1. The van der Waals surface area contributed by atoms with Crippen LogP contribution in [0.4, 0.5) is 11.5 Å². The summed E-state index contributed by atoms with van der Waals surface area (Å²) in [5.41, 5.74) is 2.44. The van der Waals surface area contributed by atoms with Gasteiger partial charge in [0.05, 0.1) is 5.56 Å². The Morgan fingerprint density at radius 2 is 2.00 bits per heavy atom. The lowest BCUT2D eigenvalue weighted by atomic mass is 10.1. The maximum Gasteiger partial charge on any atom is 0.337 e. The quantitative estimate of drug-likeness (QED) is 0.912. The number of pyridine rings is 1. The van der Waals surface area contributed by atoms with Crippen LogP contribution in [0.15, 0.2) is 42.6 Å². The molecule has 0 unspecified atom stereocenters. The Kier molecular flexibility index (Phi) is 3.80. The van der Waals surface area contributed by atoms with Gasteiger partial charge >= 0.3 is 5.97 Å². The van der Waals surface area contributed by atoms with E-state index in [0.717, 1.165) is 23.6 Å². The number of benzene rings is 1. The second-order valence-corrected chi connectivity index (χ2v) is 4.24. The van der Waals surface area contributed by atoms with Crippen LogP contribution in [0.2, 0.25) is 0 Å². The van der Waals surface area contributed by atoms with Crippen molar-refractivity contribution in [3.63, 3.8) is 0 Å². The van der Waals surface area contributed by atoms with Crippen molar-refractivity contribution >= 4 is 17.5 Å². The molecule has 2 aromatic rings. The first-order chi connectivity index (χ1) is 9.13. The molecule has 0 bridgehead atoms. The van der Waals surface area contributed by atoms with Gasteiger partial charge in [0.2, 0.25) is 0 Å². The third-order valence-electron chi connectivity index (χ3n) is 2.99. The molecule has 1 N–H and O–H groups in total. The molecule has 4 heteroatoms. The summed E-state index contributed by atoms with van der Waals surface area (Å²) in [4.78, 5) is 17.1. The van der Waals surface area contributed by atoms with Crippen LogP contribution in [-0.2, 0) is 0 Å². The van der Waals surface area contributed by atoms with Gasteiger partial charge < -0.3 is 10.0 Å². The molecule has 0 amide bonds. The molecule has 0 aliphatic carbocycles. The van der Waals surface area contributed by atoms with Crippen molar-refractivity contribution in [3.8, 4) is 0 Å². The molecular weight excluding hydrogens is 240 g/mol. The molecule has 0 aliphatic rings. The van der Waals surface area contributed by atoms with E-state index in [1.807, 2.05) is 38.1 Å². The van der Waals surface area contributed by atoms with Crippen LogP contribution >= 0.6 is 0 Å². The summed E-state index contributed by atoms with van der Waals surface area (Å²) < 4.78 is 0. The number of anilines is 2. The van der Waals surface area contributed by atoms with Gasteiger partial charge in [-0.1, -0.05) is 18.2 Å². The zero-order chi connectivity index (χ0) is 13.8. The average molecular weight is 256 g/mol. The number of nitrogens with zero attached hydrogens (tertiary/aromatic N) is 2. The fraction of sp³-hybridized carbons (Fsp3) is 0.200. The number of hydrogen-bond acceptors (Lipinski definition) is 3. The van der Waals surface area contributed by atoms with E-state index in [0.29, 0.717) is 0 Å². The van der Waals surface area contributed by atoms with E-state index in [1.54, 1.807) is 12.1 Å². The normalized spacial score (nSPS) is 10.2. The van der Waals surface area contributed by atoms with Crippen molar-refractivity contribution in [2.75, 3.05) is 11.4 Å². The second-order valence-electron chi connectivity index (χ2n) is 4.24. The lowest BCUT2D eigenvalue weighted by molar-refractivity contribution is 0.0696. The van der Waals surface area contributed by atoms with Gasteiger partial charge in [-0.05, 0) is 37.6 Å². The lowest BCUT2D eigenvalue weighted by Gasteiger charge is -2.23. The molecule has 98 valence electrons. The topological polar surface area (TPSA) is 53.4 Å². The summed E-state index contributed by atoms with van der Waals surface area (Å²) in [6.45, 7) is 4.85. The van der Waals surface area contributed by atoms with Gasteiger partial charge in [0.15, 0.2) is 0 Å². The molecule has 1 aromatic carbocycles. The van der Waals surface area contributed by atoms with Gasteiger partial charge in [-0.15, -0.1) is 0 Å². The number of carboxylic acid groups (broad SMARTS) is 1. The van der Waals surface area contributed by atoms with Crippen LogP contribution in [0.1, 0.15) is 22.8 Å². The largest absolute Gasteiger partial charge is 0.478 e. The van der Waals surface area contributed by atoms with E-state index in [2.05, 4.69) is 9.88 Å². The highest BCUT2D eigenvalue weighted by molar-refractivity contribution is 5.87. The average Bonchev–Trinajstić information content (AvgIpc) is 2.42. The summed E-state index contributed by atoms with van der Waals surface area (Å²) >= 11 is 0. The Morgan fingerprint density at radius 1 is 1.26 bits per heavy atom. The third-order valence-corrected chi connectivity index (χ3v) is 2.99. The Balaban J connectivity index is 2.37.